The highest BCUT2D eigenvalue weighted by molar-refractivity contribution is 5.68. The van der Waals surface area contributed by atoms with Crippen LogP contribution in [0, 0.1) is 0 Å². The first-order valence-electron chi connectivity index (χ1n) is 4.73. The Bertz CT molecular complexity index is 153. The van der Waals surface area contributed by atoms with Crippen molar-refractivity contribution < 1.29 is 9.53 Å². The average molecular weight is 186 g/mol. The number of carbonyl (C=O) groups is 1. The molecule has 0 aliphatic rings. The number of ether oxygens (including phenoxy) is 1. The highest BCUT2D eigenvalue weighted by Gasteiger charge is 1.98. The number of hydrogen-bond acceptors (Lipinski definition) is 2. The molecule has 0 fully saturated rings. The van der Waals surface area contributed by atoms with Gasteiger partial charge in [-0.15, -0.1) is 0 Å². The highest BCUT2D eigenvalue weighted by Crippen LogP contribution is 1.90. The SMILES string of the molecule is CC=C(C)C.CCC(=O)OC(C)C. The van der Waals surface area contributed by atoms with Gasteiger partial charge < -0.3 is 4.74 Å². The molecule has 2 heteroatoms. The van der Waals surface area contributed by atoms with Crippen LogP contribution in [-0.2, 0) is 9.53 Å². The number of hydrogen-bond donors (Lipinski definition) is 0. The van der Waals surface area contributed by atoms with Gasteiger partial charge in [-0.1, -0.05) is 18.6 Å². The van der Waals surface area contributed by atoms with Crippen molar-refractivity contribution >= 4 is 5.97 Å². The number of carbonyl (C=O) groups excluding carboxylic acids is 1. The van der Waals surface area contributed by atoms with Crippen LogP contribution in [0.2, 0.25) is 0 Å². The first-order valence-corrected chi connectivity index (χ1v) is 4.73. The summed E-state index contributed by atoms with van der Waals surface area (Å²) in [6.45, 7) is 11.7. The second-order valence-corrected chi connectivity index (χ2v) is 3.26. The van der Waals surface area contributed by atoms with Crippen LogP contribution in [0.1, 0.15) is 48.0 Å². The minimum Gasteiger partial charge on any atom is -0.463 e. The standard InChI is InChI=1S/C6H12O2.C5H10/c1-4-6(7)8-5(2)3;1-4-5(2)3/h5H,4H2,1-3H3;4H,1-3H3. The Hall–Kier alpha value is -0.790. The summed E-state index contributed by atoms with van der Waals surface area (Å²) in [6.07, 6.45) is 2.58. The molecule has 2 nitrogen and oxygen atoms in total. The Morgan fingerprint density at radius 2 is 1.77 bits per heavy atom. The van der Waals surface area contributed by atoms with E-state index in [9.17, 15) is 4.79 Å². The van der Waals surface area contributed by atoms with Gasteiger partial charge in [0.15, 0.2) is 0 Å². The topological polar surface area (TPSA) is 26.3 Å². The zero-order valence-corrected chi connectivity index (χ0v) is 9.68. The van der Waals surface area contributed by atoms with Gasteiger partial charge in [-0.2, -0.15) is 0 Å². The lowest BCUT2D eigenvalue weighted by Gasteiger charge is -2.04. The molecule has 0 radical (unpaired) electrons. The fourth-order valence-electron chi connectivity index (χ4n) is 0.346. The van der Waals surface area contributed by atoms with Crippen LogP contribution in [0.5, 0.6) is 0 Å². The van der Waals surface area contributed by atoms with Crippen LogP contribution in [0.15, 0.2) is 11.6 Å². The molecule has 0 spiro atoms. The van der Waals surface area contributed by atoms with E-state index < -0.39 is 0 Å². The molecule has 0 atom stereocenters. The third-order valence-electron chi connectivity index (χ3n) is 1.23. The predicted octanol–water partition coefficient (Wildman–Crippen LogP) is 3.32. The zero-order chi connectivity index (χ0) is 10.9. The molecule has 0 bridgehead atoms. The predicted molar refractivity (Wildman–Crippen MR) is 56.6 cm³/mol. The molecule has 0 aliphatic heterocycles. The molecule has 0 aromatic rings. The summed E-state index contributed by atoms with van der Waals surface area (Å²) in [4.78, 5) is 10.4. The lowest BCUT2D eigenvalue weighted by atomic mass is 10.3. The maximum absolute atomic E-state index is 10.4. The van der Waals surface area contributed by atoms with Crippen molar-refractivity contribution in [3.8, 4) is 0 Å². The van der Waals surface area contributed by atoms with E-state index in [1.54, 1.807) is 6.92 Å². The zero-order valence-electron chi connectivity index (χ0n) is 9.68. The molecule has 0 aromatic carbocycles. The van der Waals surface area contributed by atoms with Crippen LogP contribution in [-0.4, -0.2) is 12.1 Å². The highest BCUT2D eigenvalue weighted by atomic mass is 16.5. The summed E-state index contributed by atoms with van der Waals surface area (Å²) in [5, 5.41) is 0. The molecular formula is C11H22O2. The fourth-order valence-corrected chi connectivity index (χ4v) is 0.346. The van der Waals surface area contributed by atoms with E-state index in [0.29, 0.717) is 6.42 Å². The second-order valence-electron chi connectivity index (χ2n) is 3.26. The monoisotopic (exact) mass is 186 g/mol. The Balaban J connectivity index is 0. The number of allylic oxidation sites excluding steroid dienone is 2. The van der Waals surface area contributed by atoms with E-state index in [4.69, 9.17) is 4.74 Å². The molecule has 0 saturated heterocycles. The lowest BCUT2D eigenvalue weighted by molar-refractivity contribution is -0.146. The average Bonchev–Trinajstić information content (AvgIpc) is 2.04. The van der Waals surface area contributed by atoms with Crippen molar-refractivity contribution in [2.24, 2.45) is 0 Å². The fraction of sp³-hybridized carbons (Fsp3) is 0.727. The molecule has 0 saturated carbocycles. The Morgan fingerprint density at radius 3 is 1.85 bits per heavy atom. The third-order valence-corrected chi connectivity index (χ3v) is 1.23. The van der Waals surface area contributed by atoms with Gasteiger partial charge in [0.2, 0.25) is 0 Å². The molecule has 0 aliphatic carbocycles. The molecule has 0 heterocycles. The maximum atomic E-state index is 10.4. The van der Waals surface area contributed by atoms with Crippen molar-refractivity contribution in [1.82, 2.24) is 0 Å². The first kappa shape index (κ1) is 14.7. The first-order chi connectivity index (χ1) is 5.93. The molecule has 0 rings (SSSR count). The second kappa shape index (κ2) is 9.30. The van der Waals surface area contributed by atoms with Gasteiger partial charge >= 0.3 is 5.97 Å². The molecule has 0 N–H and O–H groups in total. The van der Waals surface area contributed by atoms with Crippen LogP contribution >= 0.6 is 0 Å². The summed E-state index contributed by atoms with van der Waals surface area (Å²) >= 11 is 0. The summed E-state index contributed by atoms with van der Waals surface area (Å²) in [7, 11) is 0. The largest absolute Gasteiger partial charge is 0.463 e. The van der Waals surface area contributed by atoms with Gasteiger partial charge in [-0.3, -0.25) is 4.79 Å². The van der Waals surface area contributed by atoms with Gasteiger partial charge in [0.05, 0.1) is 6.10 Å². The van der Waals surface area contributed by atoms with Crippen LogP contribution in [0.3, 0.4) is 0 Å². The van der Waals surface area contributed by atoms with Gasteiger partial charge in [0.1, 0.15) is 0 Å². The minimum absolute atomic E-state index is 0.0300. The van der Waals surface area contributed by atoms with E-state index in [0.717, 1.165) is 0 Å². The summed E-state index contributed by atoms with van der Waals surface area (Å²) in [6, 6.07) is 0. The van der Waals surface area contributed by atoms with Gasteiger partial charge in [-0.05, 0) is 34.6 Å². The molecule has 13 heavy (non-hydrogen) atoms. The minimum atomic E-state index is -0.125. The smallest absolute Gasteiger partial charge is 0.305 e. The van der Waals surface area contributed by atoms with Crippen molar-refractivity contribution in [3.05, 3.63) is 11.6 Å². The van der Waals surface area contributed by atoms with Crippen LogP contribution in [0.25, 0.3) is 0 Å². The van der Waals surface area contributed by atoms with E-state index in [2.05, 4.69) is 19.9 Å². The normalized spacial score (nSPS) is 8.54. The van der Waals surface area contributed by atoms with Crippen molar-refractivity contribution in [2.75, 3.05) is 0 Å². The maximum Gasteiger partial charge on any atom is 0.305 e. The summed E-state index contributed by atoms with van der Waals surface area (Å²) in [5.74, 6) is -0.125. The summed E-state index contributed by atoms with van der Waals surface area (Å²) in [5.41, 5.74) is 1.38. The number of esters is 1. The van der Waals surface area contributed by atoms with Gasteiger partial charge in [0, 0.05) is 6.42 Å². The van der Waals surface area contributed by atoms with Crippen molar-refractivity contribution in [1.29, 1.82) is 0 Å². The Labute approximate surface area is 82.0 Å². The summed E-state index contributed by atoms with van der Waals surface area (Å²) < 4.78 is 4.76. The van der Waals surface area contributed by atoms with Gasteiger partial charge in [0.25, 0.3) is 0 Å². The molecule has 0 unspecified atom stereocenters. The quantitative estimate of drug-likeness (QED) is 0.488. The van der Waals surface area contributed by atoms with E-state index in [1.807, 2.05) is 20.8 Å². The van der Waals surface area contributed by atoms with Gasteiger partial charge in [-0.25, -0.2) is 0 Å². The molecule has 0 amide bonds. The van der Waals surface area contributed by atoms with Crippen molar-refractivity contribution in [3.63, 3.8) is 0 Å². The molecule has 78 valence electrons. The van der Waals surface area contributed by atoms with E-state index >= 15 is 0 Å². The Morgan fingerprint density at radius 1 is 1.38 bits per heavy atom. The number of rotatable bonds is 2. The molecule has 0 aromatic heterocycles. The van der Waals surface area contributed by atoms with E-state index in [1.165, 1.54) is 5.57 Å². The van der Waals surface area contributed by atoms with Crippen LogP contribution < -0.4 is 0 Å². The molecular weight excluding hydrogens is 164 g/mol. The van der Waals surface area contributed by atoms with E-state index in [-0.39, 0.29) is 12.1 Å². The van der Waals surface area contributed by atoms with Crippen molar-refractivity contribution in [2.45, 2.75) is 54.1 Å². The third kappa shape index (κ3) is 18.3. The van der Waals surface area contributed by atoms with Crippen LogP contribution in [0.4, 0.5) is 0 Å². The lowest BCUT2D eigenvalue weighted by Crippen LogP contribution is -2.09. The Kier molecular flexibility index (Phi) is 10.5.